The lowest BCUT2D eigenvalue weighted by Gasteiger charge is -2.41. The molecule has 1 aromatic heterocycles. The molecule has 1 saturated heterocycles. The maximum Gasteiger partial charge on any atom is 0.227 e. The van der Waals surface area contributed by atoms with Crippen LogP contribution in [0, 0.1) is 5.92 Å². The van der Waals surface area contributed by atoms with E-state index in [1.807, 2.05) is 42.5 Å². The zero-order chi connectivity index (χ0) is 24.8. The molecule has 1 fully saturated rings. The molecule has 0 aliphatic carbocycles. The van der Waals surface area contributed by atoms with Crippen molar-refractivity contribution in [1.82, 2.24) is 10.3 Å². The third-order valence-corrected chi connectivity index (χ3v) is 6.20. The highest BCUT2D eigenvalue weighted by atomic mass is 16.5. The lowest BCUT2D eigenvalue weighted by atomic mass is 9.83. The molecule has 0 bridgehead atoms. The number of pyridine rings is 1. The van der Waals surface area contributed by atoms with E-state index in [2.05, 4.69) is 10.3 Å². The molecule has 4 rings (SSSR count). The Kier molecular flexibility index (Phi) is 7.50. The first kappa shape index (κ1) is 24.1. The zero-order valence-electron chi connectivity index (χ0n) is 20.1. The Morgan fingerprint density at radius 2 is 1.77 bits per heavy atom. The molecular weight excluding hydrogens is 446 g/mol. The summed E-state index contributed by atoms with van der Waals surface area (Å²) in [6.07, 6.45) is 2.38. The lowest BCUT2D eigenvalue weighted by molar-refractivity contribution is -0.129. The quantitative estimate of drug-likeness (QED) is 0.531. The van der Waals surface area contributed by atoms with Crippen molar-refractivity contribution < 1.29 is 23.8 Å². The molecule has 0 unspecified atom stereocenters. The minimum atomic E-state index is -0.534. The van der Waals surface area contributed by atoms with Crippen molar-refractivity contribution in [2.24, 2.45) is 5.92 Å². The topological polar surface area (TPSA) is 90.0 Å². The van der Waals surface area contributed by atoms with E-state index in [0.717, 1.165) is 11.3 Å². The van der Waals surface area contributed by atoms with E-state index in [4.69, 9.17) is 14.2 Å². The standard InChI is InChI=1S/C27H29N3O5/c1-33-21-10-8-20(9-11-21)30-25(31)14-12-22(27(32)29-17-19-6-4-5-15-28-19)26(30)18-7-13-23(34-2)24(16-18)35-3/h4-11,13,15-16,22,26H,12,14,17H2,1-3H3,(H,29,32)/t22-,26+/m0/s1. The molecule has 3 aromatic rings. The van der Waals surface area contributed by atoms with Gasteiger partial charge in [0.25, 0.3) is 0 Å². The van der Waals surface area contributed by atoms with Gasteiger partial charge in [0.1, 0.15) is 5.75 Å². The highest BCUT2D eigenvalue weighted by molar-refractivity contribution is 5.97. The second kappa shape index (κ2) is 10.9. The van der Waals surface area contributed by atoms with E-state index >= 15 is 0 Å². The molecule has 0 radical (unpaired) electrons. The highest BCUT2D eigenvalue weighted by Gasteiger charge is 2.41. The van der Waals surface area contributed by atoms with Crippen molar-refractivity contribution in [3.05, 3.63) is 78.1 Å². The van der Waals surface area contributed by atoms with E-state index in [-0.39, 0.29) is 18.2 Å². The first-order chi connectivity index (χ1) is 17.0. The summed E-state index contributed by atoms with van der Waals surface area (Å²) >= 11 is 0. The molecule has 0 saturated carbocycles. The summed E-state index contributed by atoms with van der Waals surface area (Å²) in [5.74, 6) is 1.13. The molecule has 35 heavy (non-hydrogen) atoms. The van der Waals surface area contributed by atoms with E-state index in [1.165, 1.54) is 0 Å². The number of aromatic nitrogens is 1. The summed E-state index contributed by atoms with van der Waals surface area (Å²) < 4.78 is 16.2. The highest BCUT2D eigenvalue weighted by Crippen LogP contribution is 2.42. The molecule has 1 aliphatic rings. The Morgan fingerprint density at radius 3 is 2.43 bits per heavy atom. The number of carbonyl (C=O) groups excluding carboxylic acids is 2. The van der Waals surface area contributed by atoms with Crippen LogP contribution in [0.25, 0.3) is 0 Å². The molecule has 2 heterocycles. The molecule has 8 nitrogen and oxygen atoms in total. The molecular formula is C27H29N3O5. The van der Waals surface area contributed by atoms with Crippen LogP contribution in [-0.2, 0) is 16.1 Å². The molecule has 2 aromatic carbocycles. The van der Waals surface area contributed by atoms with Crippen LogP contribution in [0.4, 0.5) is 5.69 Å². The molecule has 2 atom stereocenters. The van der Waals surface area contributed by atoms with Gasteiger partial charge in [-0.3, -0.25) is 14.6 Å². The van der Waals surface area contributed by atoms with Gasteiger partial charge in [-0.2, -0.15) is 0 Å². The predicted molar refractivity (Wildman–Crippen MR) is 132 cm³/mol. The fourth-order valence-corrected chi connectivity index (χ4v) is 4.44. The van der Waals surface area contributed by atoms with Crippen LogP contribution in [-0.4, -0.2) is 38.1 Å². The summed E-state index contributed by atoms with van der Waals surface area (Å²) in [7, 11) is 4.72. The zero-order valence-corrected chi connectivity index (χ0v) is 20.1. The van der Waals surface area contributed by atoms with E-state index in [0.29, 0.717) is 35.9 Å². The van der Waals surface area contributed by atoms with Crippen LogP contribution < -0.4 is 24.4 Å². The second-order valence-corrected chi connectivity index (χ2v) is 8.21. The van der Waals surface area contributed by atoms with E-state index in [9.17, 15) is 9.59 Å². The van der Waals surface area contributed by atoms with E-state index < -0.39 is 12.0 Å². The number of rotatable bonds is 8. The van der Waals surface area contributed by atoms with Gasteiger partial charge >= 0.3 is 0 Å². The maximum absolute atomic E-state index is 13.5. The van der Waals surface area contributed by atoms with Gasteiger partial charge < -0.3 is 24.4 Å². The summed E-state index contributed by atoms with van der Waals surface area (Å²) in [4.78, 5) is 32.7. The number of nitrogens with zero attached hydrogens (tertiary/aromatic N) is 2. The average Bonchev–Trinajstić information content (AvgIpc) is 2.91. The SMILES string of the molecule is COc1ccc(N2C(=O)CC[C@H](C(=O)NCc3ccccn3)[C@H]2c2ccc(OC)c(OC)c2)cc1. The number of carbonyl (C=O) groups is 2. The smallest absolute Gasteiger partial charge is 0.227 e. The van der Waals surface area contributed by atoms with Gasteiger partial charge in [-0.05, 0) is 60.5 Å². The van der Waals surface area contributed by atoms with Gasteiger partial charge in [-0.1, -0.05) is 12.1 Å². The Bertz CT molecular complexity index is 1170. The van der Waals surface area contributed by atoms with E-state index in [1.54, 1.807) is 50.6 Å². The van der Waals surface area contributed by atoms with Crippen molar-refractivity contribution >= 4 is 17.5 Å². The minimum Gasteiger partial charge on any atom is -0.497 e. The average molecular weight is 476 g/mol. The predicted octanol–water partition coefficient (Wildman–Crippen LogP) is 3.91. The Labute approximate surface area is 204 Å². The number of hydrogen-bond acceptors (Lipinski definition) is 6. The minimum absolute atomic E-state index is 0.0521. The molecule has 182 valence electrons. The van der Waals surface area contributed by atoms with Crippen LogP contribution in [0.3, 0.4) is 0 Å². The summed E-state index contributed by atoms with van der Waals surface area (Å²) in [5.41, 5.74) is 2.24. The Balaban J connectivity index is 1.72. The summed E-state index contributed by atoms with van der Waals surface area (Å²) in [6.45, 7) is 0.311. The summed E-state index contributed by atoms with van der Waals surface area (Å²) in [5, 5.41) is 3.01. The Morgan fingerprint density at radius 1 is 1.00 bits per heavy atom. The van der Waals surface area contributed by atoms with Crippen LogP contribution in [0.15, 0.2) is 66.9 Å². The van der Waals surface area contributed by atoms with Gasteiger partial charge in [0.05, 0.1) is 45.5 Å². The first-order valence-corrected chi connectivity index (χ1v) is 11.4. The van der Waals surface area contributed by atoms with Crippen molar-refractivity contribution in [3.63, 3.8) is 0 Å². The number of amides is 2. The molecule has 1 aliphatic heterocycles. The monoisotopic (exact) mass is 475 g/mol. The fraction of sp³-hybridized carbons (Fsp3) is 0.296. The number of benzene rings is 2. The van der Waals surface area contributed by atoms with Crippen LogP contribution in [0.2, 0.25) is 0 Å². The largest absolute Gasteiger partial charge is 0.497 e. The first-order valence-electron chi connectivity index (χ1n) is 11.4. The third kappa shape index (κ3) is 5.21. The lowest BCUT2D eigenvalue weighted by Crippen LogP contribution is -2.48. The van der Waals surface area contributed by atoms with Gasteiger partial charge in [0.2, 0.25) is 11.8 Å². The number of nitrogens with one attached hydrogen (secondary N) is 1. The molecule has 2 amide bonds. The molecule has 0 spiro atoms. The third-order valence-electron chi connectivity index (χ3n) is 6.20. The maximum atomic E-state index is 13.5. The number of ether oxygens (including phenoxy) is 3. The van der Waals surface area contributed by atoms with Gasteiger partial charge in [-0.15, -0.1) is 0 Å². The number of piperidine rings is 1. The number of hydrogen-bond donors (Lipinski definition) is 1. The summed E-state index contributed by atoms with van der Waals surface area (Å²) in [6, 6.07) is 17.8. The van der Waals surface area contributed by atoms with Crippen LogP contribution in [0.1, 0.15) is 30.1 Å². The van der Waals surface area contributed by atoms with Crippen molar-refractivity contribution in [1.29, 1.82) is 0 Å². The van der Waals surface area contributed by atoms with Gasteiger partial charge in [-0.25, -0.2) is 0 Å². The van der Waals surface area contributed by atoms with Crippen molar-refractivity contribution in [3.8, 4) is 17.2 Å². The van der Waals surface area contributed by atoms with Crippen LogP contribution >= 0.6 is 0 Å². The van der Waals surface area contributed by atoms with Crippen molar-refractivity contribution in [2.75, 3.05) is 26.2 Å². The van der Waals surface area contributed by atoms with Crippen molar-refractivity contribution in [2.45, 2.75) is 25.4 Å². The normalized spacial score (nSPS) is 17.6. The molecule has 1 N–H and O–H groups in total. The number of anilines is 1. The Hall–Kier alpha value is -4.07. The fourth-order valence-electron chi connectivity index (χ4n) is 4.44. The van der Waals surface area contributed by atoms with Gasteiger partial charge in [0, 0.05) is 18.3 Å². The van der Waals surface area contributed by atoms with Crippen LogP contribution in [0.5, 0.6) is 17.2 Å². The number of methoxy groups -OCH3 is 3. The van der Waals surface area contributed by atoms with Gasteiger partial charge in [0.15, 0.2) is 11.5 Å². The molecule has 8 heteroatoms. The second-order valence-electron chi connectivity index (χ2n) is 8.21.